The quantitative estimate of drug-likeness (QED) is 0.831. The molecule has 1 aromatic heterocycles. The third kappa shape index (κ3) is 4.38. The van der Waals surface area contributed by atoms with Crippen LogP contribution >= 0.6 is 0 Å². The monoisotopic (exact) mass is 335 g/mol. The van der Waals surface area contributed by atoms with Crippen LogP contribution in [0.25, 0.3) is 0 Å². The first-order valence-corrected chi connectivity index (χ1v) is 9.18. The lowest BCUT2D eigenvalue weighted by molar-refractivity contribution is -0.126. The molecular weight excluding hydrogens is 302 g/mol. The second-order valence-corrected chi connectivity index (χ2v) is 8.13. The molecule has 0 aromatic carbocycles. The van der Waals surface area contributed by atoms with Crippen molar-refractivity contribution < 1.29 is 9.32 Å². The number of rotatable bonds is 7. The van der Waals surface area contributed by atoms with E-state index < -0.39 is 5.41 Å². The van der Waals surface area contributed by atoms with Gasteiger partial charge in [0.05, 0.1) is 11.1 Å². The Morgan fingerprint density at radius 1 is 1.29 bits per heavy atom. The third-order valence-electron chi connectivity index (χ3n) is 4.99. The Morgan fingerprint density at radius 3 is 2.42 bits per heavy atom. The number of hydrogen-bond acceptors (Lipinski definition) is 4. The van der Waals surface area contributed by atoms with Crippen LogP contribution in [-0.4, -0.2) is 41.6 Å². The van der Waals surface area contributed by atoms with Gasteiger partial charge in [0, 0.05) is 18.2 Å². The Bertz CT molecular complexity index is 537. The Morgan fingerprint density at radius 2 is 1.92 bits per heavy atom. The highest BCUT2D eigenvalue weighted by molar-refractivity contribution is 5.88. The standard InChI is InChI=1S/C19H33N3O2/c1-13(2)11-16(12-22-9-7-8-10-22)20-18(23)19(5,6)17-14(3)21-24-15(17)4/h13,16H,7-12H2,1-6H3,(H,20,23)/t16-/m0/s1. The van der Waals surface area contributed by atoms with Gasteiger partial charge in [0.1, 0.15) is 5.76 Å². The lowest BCUT2D eigenvalue weighted by atomic mass is 9.82. The molecule has 0 aliphatic carbocycles. The average Bonchev–Trinajstić information content (AvgIpc) is 3.08. The second kappa shape index (κ2) is 7.68. The molecule has 2 rings (SSSR count). The van der Waals surface area contributed by atoms with Gasteiger partial charge in [-0.05, 0) is 66.0 Å². The van der Waals surface area contributed by atoms with Crippen LogP contribution in [0.4, 0.5) is 0 Å². The largest absolute Gasteiger partial charge is 0.361 e. The highest BCUT2D eigenvalue weighted by Gasteiger charge is 2.36. The van der Waals surface area contributed by atoms with Gasteiger partial charge in [-0.2, -0.15) is 0 Å². The van der Waals surface area contributed by atoms with Gasteiger partial charge in [-0.25, -0.2) is 0 Å². The van der Waals surface area contributed by atoms with Crippen molar-refractivity contribution in [1.82, 2.24) is 15.4 Å². The van der Waals surface area contributed by atoms with Gasteiger partial charge in [0.15, 0.2) is 0 Å². The number of carbonyl (C=O) groups is 1. The molecule has 1 fully saturated rings. The zero-order valence-electron chi connectivity index (χ0n) is 16.1. The number of hydrogen-bond donors (Lipinski definition) is 1. The molecule has 24 heavy (non-hydrogen) atoms. The molecule has 1 amide bonds. The first kappa shape index (κ1) is 19.0. The van der Waals surface area contributed by atoms with Crippen LogP contribution in [0.1, 0.15) is 64.0 Å². The number of aryl methyl sites for hydroxylation is 2. The maximum atomic E-state index is 13.0. The molecule has 1 aliphatic heterocycles. The van der Waals surface area contributed by atoms with Crippen LogP contribution in [0.15, 0.2) is 4.52 Å². The van der Waals surface area contributed by atoms with Gasteiger partial charge >= 0.3 is 0 Å². The van der Waals surface area contributed by atoms with Crippen LogP contribution in [0.3, 0.4) is 0 Å². The topological polar surface area (TPSA) is 58.4 Å². The summed E-state index contributed by atoms with van der Waals surface area (Å²) >= 11 is 0. The molecule has 1 aliphatic rings. The normalized spacial score (nSPS) is 17.5. The van der Waals surface area contributed by atoms with E-state index in [2.05, 4.69) is 29.2 Å². The third-order valence-corrected chi connectivity index (χ3v) is 4.99. The lowest BCUT2D eigenvalue weighted by Crippen LogP contribution is -2.49. The summed E-state index contributed by atoms with van der Waals surface area (Å²) in [6, 6.07) is 0.190. The van der Waals surface area contributed by atoms with Crippen LogP contribution in [0.2, 0.25) is 0 Å². The van der Waals surface area contributed by atoms with Crippen molar-refractivity contribution in [2.24, 2.45) is 5.92 Å². The van der Waals surface area contributed by atoms with Crippen molar-refractivity contribution >= 4 is 5.91 Å². The first-order valence-electron chi connectivity index (χ1n) is 9.18. The molecule has 2 heterocycles. The van der Waals surface area contributed by atoms with Crippen molar-refractivity contribution in [1.29, 1.82) is 0 Å². The zero-order chi connectivity index (χ0) is 17.9. The highest BCUT2D eigenvalue weighted by Crippen LogP contribution is 2.29. The van der Waals surface area contributed by atoms with Crippen molar-refractivity contribution in [3.05, 3.63) is 17.0 Å². The van der Waals surface area contributed by atoms with Crippen LogP contribution in [-0.2, 0) is 10.2 Å². The SMILES string of the molecule is Cc1noc(C)c1C(C)(C)C(=O)N[C@@H](CC(C)C)CN1CCCC1. The molecule has 1 N–H and O–H groups in total. The summed E-state index contributed by atoms with van der Waals surface area (Å²) in [6.07, 6.45) is 3.54. The molecule has 0 radical (unpaired) electrons. The highest BCUT2D eigenvalue weighted by atomic mass is 16.5. The molecule has 0 bridgehead atoms. The van der Waals surface area contributed by atoms with Gasteiger partial charge < -0.3 is 14.7 Å². The molecule has 5 nitrogen and oxygen atoms in total. The predicted molar refractivity (Wildman–Crippen MR) is 96.1 cm³/mol. The minimum absolute atomic E-state index is 0.0572. The zero-order valence-corrected chi connectivity index (χ0v) is 16.1. The number of amides is 1. The lowest BCUT2D eigenvalue weighted by Gasteiger charge is -2.30. The van der Waals surface area contributed by atoms with Crippen LogP contribution in [0.5, 0.6) is 0 Å². The average molecular weight is 335 g/mol. The van der Waals surface area contributed by atoms with E-state index in [1.165, 1.54) is 12.8 Å². The summed E-state index contributed by atoms with van der Waals surface area (Å²) in [5.74, 6) is 1.34. The Balaban J connectivity index is 2.10. The van der Waals surface area contributed by atoms with E-state index in [0.717, 1.165) is 43.1 Å². The summed E-state index contributed by atoms with van der Waals surface area (Å²) in [6.45, 7) is 15.4. The molecule has 0 unspecified atom stereocenters. The van der Waals surface area contributed by atoms with Crippen LogP contribution < -0.4 is 5.32 Å². The summed E-state index contributed by atoms with van der Waals surface area (Å²) in [5.41, 5.74) is 1.06. The summed E-state index contributed by atoms with van der Waals surface area (Å²) in [5, 5.41) is 7.32. The van der Waals surface area contributed by atoms with E-state index in [0.29, 0.717) is 5.92 Å². The number of nitrogens with one attached hydrogen (secondary N) is 1. The summed E-state index contributed by atoms with van der Waals surface area (Å²) < 4.78 is 5.27. The van der Waals surface area contributed by atoms with E-state index in [4.69, 9.17) is 4.52 Å². The van der Waals surface area contributed by atoms with Gasteiger partial charge in [0.2, 0.25) is 5.91 Å². The van der Waals surface area contributed by atoms with E-state index >= 15 is 0 Å². The fourth-order valence-corrected chi connectivity index (χ4v) is 3.88. The minimum atomic E-state index is -0.644. The maximum Gasteiger partial charge on any atom is 0.230 e. The minimum Gasteiger partial charge on any atom is -0.361 e. The van der Waals surface area contributed by atoms with Crippen molar-refractivity contribution in [2.75, 3.05) is 19.6 Å². The number of likely N-dealkylation sites (tertiary alicyclic amines) is 1. The van der Waals surface area contributed by atoms with Gasteiger partial charge in [-0.3, -0.25) is 4.79 Å². The summed E-state index contributed by atoms with van der Waals surface area (Å²) in [4.78, 5) is 15.5. The maximum absolute atomic E-state index is 13.0. The van der Waals surface area contributed by atoms with E-state index in [1.54, 1.807) is 0 Å². The Hall–Kier alpha value is -1.36. The number of aromatic nitrogens is 1. The molecular formula is C19H33N3O2. The van der Waals surface area contributed by atoms with E-state index in [9.17, 15) is 4.79 Å². The smallest absolute Gasteiger partial charge is 0.230 e. The second-order valence-electron chi connectivity index (χ2n) is 8.13. The molecule has 1 aromatic rings. The van der Waals surface area contributed by atoms with E-state index in [-0.39, 0.29) is 11.9 Å². The fourth-order valence-electron chi connectivity index (χ4n) is 3.88. The molecule has 5 heteroatoms. The Labute approximate surface area is 146 Å². The van der Waals surface area contributed by atoms with Gasteiger partial charge in [-0.15, -0.1) is 0 Å². The number of nitrogens with zero attached hydrogens (tertiary/aromatic N) is 2. The van der Waals surface area contributed by atoms with Crippen molar-refractivity contribution in [3.8, 4) is 0 Å². The van der Waals surface area contributed by atoms with Gasteiger partial charge in [0.25, 0.3) is 0 Å². The molecule has 136 valence electrons. The number of carbonyl (C=O) groups excluding carboxylic acids is 1. The first-order chi connectivity index (χ1) is 11.2. The van der Waals surface area contributed by atoms with Crippen molar-refractivity contribution in [2.45, 2.75) is 72.3 Å². The Kier molecular flexibility index (Phi) is 6.07. The molecule has 0 spiro atoms. The van der Waals surface area contributed by atoms with Gasteiger partial charge in [-0.1, -0.05) is 19.0 Å². The molecule has 1 saturated heterocycles. The summed E-state index contributed by atoms with van der Waals surface area (Å²) in [7, 11) is 0. The van der Waals surface area contributed by atoms with Crippen LogP contribution in [0, 0.1) is 19.8 Å². The molecule has 1 atom stereocenters. The van der Waals surface area contributed by atoms with Crippen molar-refractivity contribution in [3.63, 3.8) is 0 Å². The van der Waals surface area contributed by atoms with E-state index in [1.807, 2.05) is 27.7 Å². The predicted octanol–water partition coefficient (Wildman–Crippen LogP) is 3.20. The fraction of sp³-hybridized carbons (Fsp3) is 0.789. The molecule has 0 saturated carbocycles.